The van der Waals surface area contributed by atoms with Crippen molar-refractivity contribution in [3.05, 3.63) is 78.5 Å². The molecule has 0 aliphatic carbocycles. The predicted molar refractivity (Wildman–Crippen MR) is 126 cm³/mol. The first kappa shape index (κ1) is 22.4. The van der Waals surface area contributed by atoms with E-state index in [2.05, 4.69) is 14.9 Å². The van der Waals surface area contributed by atoms with E-state index in [0.717, 1.165) is 39.6 Å². The van der Waals surface area contributed by atoms with Crippen LogP contribution in [0, 0.1) is 5.82 Å². The largest absolute Gasteiger partial charge is 0.471 e. The molecule has 2 aromatic heterocycles. The van der Waals surface area contributed by atoms with E-state index in [1.54, 1.807) is 18.3 Å². The maximum absolute atomic E-state index is 13.4. The molecule has 1 amide bonds. The van der Waals surface area contributed by atoms with Crippen molar-refractivity contribution in [2.75, 3.05) is 18.0 Å². The van der Waals surface area contributed by atoms with Gasteiger partial charge in [-0.1, -0.05) is 12.1 Å². The van der Waals surface area contributed by atoms with E-state index >= 15 is 0 Å². The highest BCUT2D eigenvalue weighted by molar-refractivity contribution is 5.82. The Labute approximate surface area is 203 Å². The van der Waals surface area contributed by atoms with Gasteiger partial charge >= 0.3 is 12.1 Å². The molecular formula is C26H21F4N5O. The molecule has 0 unspecified atom stereocenters. The summed E-state index contributed by atoms with van der Waals surface area (Å²) in [6, 6.07) is 13.8. The number of alkyl halides is 3. The molecule has 2 aliphatic rings. The number of amides is 1. The molecule has 1 N–H and O–H groups in total. The maximum atomic E-state index is 13.4. The molecule has 6 rings (SSSR count). The standard InChI is InChI=1S/C26H21F4N5O/c27-19-3-1-16(2-4-19)17-12-23-24-31-8-10-35(24)22-6-5-21(11-18(22)14-34(23)13-17)33-9-7-20(15-33)32-25(36)26(28,29)30/h1-6,8,10-13,20H,7,9,14-15H2,(H,32,36)/t20-/m0/s1. The van der Waals surface area contributed by atoms with Crippen LogP contribution in [0.2, 0.25) is 0 Å². The van der Waals surface area contributed by atoms with E-state index in [0.29, 0.717) is 26.1 Å². The van der Waals surface area contributed by atoms with Gasteiger partial charge in [-0.3, -0.25) is 9.36 Å². The van der Waals surface area contributed by atoms with Crippen molar-refractivity contribution in [3.8, 4) is 28.3 Å². The Morgan fingerprint density at radius 1 is 1.06 bits per heavy atom. The molecule has 184 valence electrons. The summed E-state index contributed by atoms with van der Waals surface area (Å²) < 4.78 is 55.5. The van der Waals surface area contributed by atoms with Crippen LogP contribution in [0.15, 0.2) is 67.1 Å². The smallest absolute Gasteiger partial charge is 0.369 e. The maximum Gasteiger partial charge on any atom is 0.471 e. The minimum Gasteiger partial charge on any atom is -0.369 e. The van der Waals surface area contributed by atoms with Crippen molar-refractivity contribution in [2.45, 2.75) is 25.2 Å². The molecule has 0 saturated carbocycles. The van der Waals surface area contributed by atoms with Gasteiger partial charge in [0.25, 0.3) is 0 Å². The van der Waals surface area contributed by atoms with Gasteiger partial charge in [-0.15, -0.1) is 0 Å². The Morgan fingerprint density at radius 3 is 2.64 bits per heavy atom. The fraction of sp³-hybridized carbons (Fsp3) is 0.231. The third kappa shape index (κ3) is 3.92. The third-order valence-electron chi connectivity index (χ3n) is 6.75. The van der Waals surface area contributed by atoms with E-state index in [-0.39, 0.29) is 5.82 Å². The Balaban J connectivity index is 1.31. The second kappa shape index (κ2) is 8.25. The van der Waals surface area contributed by atoms with Gasteiger partial charge in [0.05, 0.1) is 11.4 Å². The molecule has 10 heteroatoms. The second-order valence-corrected chi connectivity index (χ2v) is 9.09. The number of hydrogen-bond acceptors (Lipinski definition) is 3. The highest BCUT2D eigenvalue weighted by Crippen LogP contribution is 2.35. The first-order chi connectivity index (χ1) is 17.3. The van der Waals surface area contributed by atoms with Crippen molar-refractivity contribution >= 4 is 11.6 Å². The highest BCUT2D eigenvalue weighted by atomic mass is 19.4. The van der Waals surface area contributed by atoms with Gasteiger partial charge in [0, 0.05) is 55.5 Å². The zero-order valence-corrected chi connectivity index (χ0v) is 19.0. The molecule has 6 nitrogen and oxygen atoms in total. The zero-order chi connectivity index (χ0) is 25.0. The molecule has 0 spiro atoms. The number of imidazole rings is 1. The van der Waals surface area contributed by atoms with Crippen molar-refractivity contribution in [1.29, 1.82) is 0 Å². The SMILES string of the molecule is O=C(N[C@H]1CCN(c2ccc3c(c2)Cn2cc(-c4ccc(F)cc4)cc2-c2nccn2-3)C1)C(F)(F)F. The molecule has 1 fully saturated rings. The van der Waals surface area contributed by atoms with Crippen molar-refractivity contribution in [3.63, 3.8) is 0 Å². The number of carbonyl (C=O) groups is 1. The number of rotatable bonds is 3. The number of fused-ring (bicyclic) bond motifs is 5. The molecule has 1 atom stereocenters. The van der Waals surface area contributed by atoms with Crippen molar-refractivity contribution in [1.82, 2.24) is 19.4 Å². The first-order valence-electron chi connectivity index (χ1n) is 11.5. The van der Waals surface area contributed by atoms with Crippen molar-refractivity contribution in [2.24, 2.45) is 0 Å². The van der Waals surface area contributed by atoms with Gasteiger partial charge in [0.2, 0.25) is 0 Å². The Morgan fingerprint density at radius 2 is 1.86 bits per heavy atom. The second-order valence-electron chi connectivity index (χ2n) is 9.09. The minimum absolute atomic E-state index is 0.293. The van der Waals surface area contributed by atoms with E-state index in [1.807, 2.05) is 46.1 Å². The molecule has 2 aliphatic heterocycles. The van der Waals surface area contributed by atoms with Gasteiger partial charge in [-0.25, -0.2) is 9.37 Å². The van der Waals surface area contributed by atoms with Gasteiger partial charge in [-0.05, 0) is 53.9 Å². The molecule has 0 bridgehead atoms. The topological polar surface area (TPSA) is 55.1 Å². The fourth-order valence-corrected chi connectivity index (χ4v) is 5.01. The molecule has 0 radical (unpaired) electrons. The van der Waals surface area contributed by atoms with Crippen LogP contribution in [0.4, 0.5) is 23.2 Å². The lowest BCUT2D eigenvalue weighted by atomic mass is 10.1. The summed E-state index contributed by atoms with van der Waals surface area (Å²) in [6.07, 6.45) is 1.20. The lowest BCUT2D eigenvalue weighted by Crippen LogP contribution is -2.44. The number of carbonyl (C=O) groups excluding carboxylic acids is 1. The van der Waals surface area contributed by atoms with E-state index in [1.165, 1.54) is 12.1 Å². The Kier molecular flexibility index (Phi) is 5.13. The Bertz CT molecular complexity index is 1450. The average Bonchev–Trinajstić information content (AvgIpc) is 3.58. The number of aromatic nitrogens is 3. The number of halogens is 4. The number of nitrogens with one attached hydrogen (secondary N) is 1. The lowest BCUT2D eigenvalue weighted by Gasteiger charge is -2.21. The minimum atomic E-state index is -4.89. The normalized spacial score (nSPS) is 16.8. The van der Waals surface area contributed by atoms with E-state index < -0.39 is 18.1 Å². The monoisotopic (exact) mass is 495 g/mol. The number of benzene rings is 2. The fourth-order valence-electron chi connectivity index (χ4n) is 5.01. The van der Waals surface area contributed by atoms with Crippen LogP contribution in [-0.4, -0.2) is 45.3 Å². The van der Waals surface area contributed by atoms with Gasteiger partial charge in [0.1, 0.15) is 5.82 Å². The quantitative estimate of drug-likeness (QED) is 0.367. The molecule has 4 aromatic rings. The molecule has 1 saturated heterocycles. The summed E-state index contributed by atoms with van der Waals surface area (Å²) in [5.41, 5.74) is 5.64. The van der Waals surface area contributed by atoms with Crippen LogP contribution < -0.4 is 10.2 Å². The van der Waals surface area contributed by atoms with Crippen LogP contribution in [0.3, 0.4) is 0 Å². The number of nitrogens with zero attached hydrogens (tertiary/aromatic N) is 4. The summed E-state index contributed by atoms with van der Waals surface area (Å²) in [5.74, 6) is -1.41. The third-order valence-corrected chi connectivity index (χ3v) is 6.75. The molecule has 2 aromatic carbocycles. The average molecular weight is 495 g/mol. The first-order valence-corrected chi connectivity index (χ1v) is 11.5. The summed E-state index contributed by atoms with van der Waals surface area (Å²) in [5, 5.41) is 2.09. The summed E-state index contributed by atoms with van der Waals surface area (Å²) in [7, 11) is 0. The van der Waals surface area contributed by atoms with Crippen LogP contribution in [0.5, 0.6) is 0 Å². The van der Waals surface area contributed by atoms with Crippen LogP contribution >= 0.6 is 0 Å². The summed E-state index contributed by atoms with van der Waals surface area (Å²) in [6.45, 7) is 1.41. The zero-order valence-electron chi connectivity index (χ0n) is 19.0. The van der Waals surface area contributed by atoms with Gasteiger partial charge < -0.3 is 14.8 Å². The van der Waals surface area contributed by atoms with Crippen LogP contribution in [0.25, 0.3) is 28.3 Å². The molecule has 4 heterocycles. The Hall–Kier alpha value is -4.08. The van der Waals surface area contributed by atoms with Crippen LogP contribution in [-0.2, 0) is 11.3 Å². The lowest BCUT2D eigenvalue weighted by molar-refractivity contribution is -0.174. The molecular weight excluding hydrogens is 474 g/mol. The van der Waals surface area contributed by atoms with Crippen molar-refractivity contribution < 1.29 is 22.4 Å². The number of hydrogen-bond donors (Lipinski definition) is 1. The highest BCUT2D eigenvalue weighted by Gasteiger charge is 2.40. The van der Waals surface area contributed by atoms with Crippen LogP contribution in [0.1, 0.15) is 12.0 Å². The predicted octanol–water partition coefficient (Wildman–Crippen LogP) is 4.77. The van der Waals surface area contributed by atoms with Gasteiger partial charge in [0.15, 0.2) is 5.82 Å². The summed E-state index contributed by atoms with van der Waals surface area (Å²) in [4.78, 5) is 17.9. The van der Waals surface area contributed by atoms with Gasteiger partial charge in [-0.2, -0.15) is 13.2 Å². The molecule has 36 heavy (non-hydrogen) atoms. The summed E-state index contributed by atoms with van der Waals surface area (Å²) >= 11 is 0. The van der Waals surface area contributed by atoms with E-state index in [4.69, 9.17) is 0 Å². The number of anilines is 1. The van der Waals surface area contributed by atoms with E-state index in [9.17, 15) is 22.4 Å².